The summed E-state index contributed by atoms with van der Waals surface area (Å²) < 4.78 is 0. The zero-order valence-corrected chi connectivity index (χ0v) is 10.9. The minimum atomic E-state index is 0.00676. The maximum atomic E-state index is 12.3. The first kappa shape index (κ1) is 12.9. The maximum absolute atomic E-state index is 12.3. The monoisotopic (exact) mass is 248 g/mol. The molecule has 1 aromatic carbocycles. The molecule has 0 aliphatic carbocycles. The Kier molecular flexibility index (Phi) is 3.87. The van der Waals surface area contributed by atoms with Crippen molar-refractivity contribution in [3.8, 4) is 5.75 Å². The third-order valence-corrected chi connectivity index (χ3v) is 3.66. The molecular weight excluding hydrogens is 228 g/mol. The van der Waals surface area contributed by atoms with Crippen molar-refractivity contribution in [3.63, 3.8) is 0 Å². The number of nitrogens with one attached hydrogen (secondary N) is 1. The normalized spacial score (nSPS) is 24.0. The number of likely N-dealkylation sites (tertiary alicyclic amines) is 1. The van der Waals surface area contributed by atoms with Crippen LogP contribution in [0.1, 0.15) is 23.7 Å². The van der Waals surface area contributed by atoms with Crippen molar-refractivity contribution in [2.45, 2.75) is 19.4 Å². The van der Waals surface area contributed by atoms with Crippen LogP contribution in [0.5, 0.6) is 5.75 Å². The predicted octanol–water partition coefficient (Wildman–Crippen LogP) is 1.46. The topological polar surface area (TPSA) is 52.6 Å². The van der Waals surface area contributed by atoms with E-state index < -0.39 is 0 Å². The Morgan fingerprint density at radius 3 is 2.89 bits per heavy atom. The molecule has 2 rings (SSSR count). The Bertz CT molecular complexity index is 434. The van der Waals surface area contributed by atoms with Gasteiger partial charge in [-0.15, -0.1) is 0 Å². The fraction of sp³-hybridized carbons (Fsp3) is 0.500. The number of amides is 1. The molecular formula is C14H20N2O2. The number of carbonyl (C=O) groups excluding carboxylic acids is 1. The lowest BCUT2D eigenvalue weighted by Crippen LogP contribution is -2.49. The smallest absolute Gasteiger partial charge is 0.253 e. The number of aromatic hydroxyl groups is 1. The van der Waals surface area contributed by atoms with Crippen molar-refractivity contribution in [2.75, 3.05) is 20.1 Å². The van der Waals surface area contributed by atoms with E-state index in [9.17, 15) is 9.90 Å². The molecule has 0 radical (unpaired) electrons. The van der Waals surface area contributed by atoms with Crippen LogP contribution < -0.4 is 5.32 Å². The Balaban J connectivity index is 2.07. The van der Waals surface area contributed by atoms with Crippen LogP contribution in [0.25, 0.3) is 0 Å². The first-order valence-corrected chi connectivity index (χ1v) is 6.37. The number of hydrogen-bond donors (Lipinski definition) is 2. The second-order valence-electron chi connectivity index (χ2n) is 4.96. The van der Waals surface area contributed by atoms with Crippen molar-refractivity contribution < 1.29 is 9.90 Å². The van der Waals surface area contributed by atoms with Gasteiger partial charge in [0.2, 0.25) is 0 Å². The first-order valence-electron chi connectivity index (χ1n) is 6.37. The molecule has 1 fully saturated rings. The molecule has 1 aliphatic rings. The van der Waals surface area contributed by atoms with Gasteiger partial charge in [-0.25, -0.2) is 0 Å². The van der Waals surface area contributed by atoms with Crippen molar-refractivity contribution in [1.29, 1.82) is 0 Å². The number of rotatable bonds is 2. The highest BCUT2D eigenvalue weighted by molar-refractivity contribution is 5.94. The number of hydrogen-bond acceptors (Lipinski definition) is 3. The van der Waals surface area contributed by atoms with E-state index >= 15 is 0 Å². The molecule has 1 aliphatic heterocycles. The molecule has 1 amide bonds. The van der Waals surface area contributed by atoms with Crippen LogP contribution >= 0.6 is 0 Å². The largest absolute Gasteiger partial charge is 0.508 e. The number of phenols is 1. The van der Waals surface area contributed by atoms with Gasteiger partial charge in [0, 0.05) is 24.7 Å². The molecule has 18 heavy (non-hydrogen) atoms. The molecule has 1 aromatic rings. The van der Waals surface area contributed by atoms with Crippen LogP contribution in [-0.2, 0) is 0 Å². The van der Waals surface area contributed by atoms with Crippen molar-refractivity contribution >= 4 is 5.91 Å². The molecule has 2 atom stereocenters. The first-order chi connectivity index (χ1) is 8.61. The van der Waals surface area contributed by atoms with E-state index in [-0.39, 0.29) is 11.7 Å². The van der Waals surface area contributed by atoms with Gasteiger partial charge in [-0.2, -0.15) is 0 Å². The molecule has 0 spiro atoms. The summed E-state index contributed by atoms with van der Waals surface area (Å²) in [5, 5.41) is 12.7. The standard InChI is InChI=1S/C14H20N2O2/c1-10-9-16(7-6-13(10)15-2)14(18)11-4-3-5-12(17)8-11/h3-5,8,10,13,15,17H,6-7,9H2,1-2H3. The summed E-state index contributed by atoms with van der Waals surface area (Å²) in [4.78, 5) is 14.2. The van der Waals surface area contributed by atoms with Gasteiger partial charge in [-0.3, -0.25) is 4.79 Å². The van der Waals surface area contributed by atoms with E-state index in [1.165, 1.54) is 6.07 Å². The third kappa shape index (κ3) is 2.64. The molecule has 0 bridgehead atoms. The molecule has 98 valence electrons. The van der Waals surface area contributed by atoms with Gasteiger partial charge in [0.1, 0.15) is 5.75 Å². The lowest BCUT2D eigenvalue weighted by molar-refractivity contribution is 0.0649. The molecule has 0 saturated carbocycles. The zero-order chi connectivity index (χ0) is 13.1. The fourth-order valence-electron chi connectivity index (χ4n) is 2.58. The summed E-state index contributed by atoms with van der Waals surface area (Å²) in [6.07, 6.45) is 0.974. The van der Waals surface area contributed by atoms with Gasteiger partial charge < -0.3 is 15.3 Å². The van der Waals surface area contributed by atoms with Gasteiger partial charge in [0.25, 0.3) is 5.91 Å². The predicted molar refractivity (Wildman–Crippen MR) is 70.6 cm³/mol. The lowest BCUT2D eigenvalue weighted by Gasteiger charge is -2.36. The van der Waals surface area contributed by atoms with Crippen molar-refractivity contribution in [3.05, 3.63) is 29.8 Å². The highest BCUT2D eigenvalue weighted by Gasteiger charge is 2.28. The Morgan fingerprint density at radius 2 is 2.28 bits per heavy atom. The van der Waals surface area contributed by atoms with E-state index in [4.69, 9.17) is 0 Å². The van der Waals surface area contributed by atoms with Crippen LogP contribution in [0.15, 0.2) is 24.3 Å². The second kappa shape index (κ2) is 5.40. The van der Waals surface area contributed by atoms with Crippen molar-refractivity contribution in [2.24, 2.45) is 5.92 Å². The Labute approximate surface area is 108 Å². The molecule has 1 saturated heterocycles. The van der Waals surface area contributed by atoms with Gasteiger partial charge >= 0.3 is 0 Å². The summed E-state index contributed by atoms with van der Waals surface area (Å²) >= 11 is 0. The summed E-state index contributed by atoms with van der Waals surface area (Å²) in [5.41, 5.74) is 0.560. The highest BCUT2D eigenvalue weighted by Crippen LogP contribution is 2.20. The summed E-state index contributed by atoms with van der Waals surface area (Å²) in [6, 6.07) is 7.03. The number of carbonyl (C=O) groups is 1. The van der Waals surface area contributed by atoms with Crippen molar-refractivity contribution in [1.82, 2.24) is 10.2 Å². The molecule has 1 heterocycles. The van der Waals surface area contributed by atoms with Gasteiger partial charge in [0.05, 0.1) is 0 Å². The van der Waals surface area contributed by atoms with E-state index in [1.807, 2.05) is 11.9 Å². The third-order valence-electron chi connectivity index (χ3n) is 3.66. The van der Waals surface area contributed by atoms with Gasteiger partial charge in [-0.05, 0) is 37.6 Å². The molecule has 0 aromatic heterocycles. The average molecular weight is 248 g/mol. The number of nitrogens with zero attached hydrogens (tertiary/aromatic N) is 1. The molecule has 4 heteroatoms. The maximum Gasteiger partial charge on any atom is 0.253 e. The van der Waals surface area contributed by atoms with Crippen LogP contribution in [0.2, 0.25) is 0 Å². The van der Waals surface area contributed by atoms with E-state index in [2.05, 4.69) is 12.2 Å². The van der Waals surface area contributed by atoms with Crippen LogP contribution in [-0.4, -0.2) is 42.1 Å². The van der Waals surface area contributed by atoms with E-state index in [0.29, 0.717) is 17.5 Å². The fourth-order valence-corrected chi connectivity index (χ4v) is 2.58. The number of benzene rings is 1. The quantitative estimate of drug-likeness (QED) is 0.833. The van der Waals surface area contributed by atoms with E-state index in [0.717, 1.165) is 19.5 Å². The lowest BCUT2D eigenvalue weighted by atomic mass is 9.93. The molecule has 4 nitrogen and oxygen atoms in total. The molecule has 2 unspecified atom stereocenters. The molecule has 2 N–H and O–H groups in total. The van der Waals surface area contributed by atoms with Crippen LogP contribution in [0, 0.1) is 5.92 Å². The SMILES string of the molecule is CNC1CCN(C(=O)c2cccc(O)c2)CC1C. The highest BCUT2D eigenvalue weighted by atomic mass is 16.3. The second-order valence-corrected chi connectivity index (χ2v) is 4.96. The number of piperidine rings is 1. The van der Waals surface area contributed by atoms with Gasteiger partial charge in [-0.1, -0.05) is 13.0 Å². The average Bonchev–Trinajstić information content (AvgIpc) is 2.37. The summed E-state index contributed by atoms with van der Waals surface area (Å²) in [6.45, 7) is 3.69. The Morgan fingerprint density at radius 1 is 1.50 bits per heavy atom. The van der Waals surface area contributed by atoms with E-state index in [1.54, 1.807) is 18.2 Å². The summed E-state index contributed by atoms with van der Waals surface area (Å²) in [7, 11) is 1.97. The zero-order valence-electron chi connectivity index (χ0n) is 10.9. The summed E-state index contributed by atoms with van der Waals surface area (Å²) in [5.74, 6) is 0.594. The minimum Gasteiger partial charge on any atom is -0.508 e. The van der Waals surface area contributed by atoms with Crippen LogP contribution in [0.3, 0.4) is 0 Å². The minimum absolute atomic E-state index is 0.00676. The Hall–Kier alpha value is -1.55. The van der Waals surface area contributed by atoms with Crippen LogP contribution in [0.4, 0.5) is 0 Å². The number of phenolic OH excluding ortho intramolecular Hbond substituents is 1. The van der Waals surface area contributed by atoms with Gasteiger partial charge in [0.15, 0.2) is 0 Å².